The van der Waals surface area contributed by atoms with Gasteiger partial charge in [-0.15, -0.1) is 0 Å². The summed E-state index contributed by atoms with van der Waals surface area (Å²) in [5.74, 6) is -0.384. The van der Waals surface area contributed by atoms with Crippen LogP contribution < -0.4 is 11.1 Å². The molecule has 0 fully saturated rings. The van der Waals surface area contributed by atoms with Gasteiger partial charge in [0.25, 0.3) is 0 Å². The van der Waals surface area contributed by atoms with Gasteiger partial charge in [-0.25, -0.2) is 4.39 Å². The van der Waals surface area contributed by atoms with E-state index in [9.17, 15) is 4.39 Å². The summed E-state index contributed by atoms with van der Waals surface area (Å²) in [5, 5.41) is 10.9. The van der Waals surface area contributed by atoms with E-state index in [0.29, 0.717) is 27.7 Å². The van der Waals surface area contributed by atoms with Crippen molar-refractivity contribution in [1.29, 1.82) is 5.41 Å². The van der Waals surface area contributed by atoms with E-state index in [1.54, 1.807) is 31.2 Å². The van der Waals surface area contributed by atoms with E-state index < -0.39 is 0 Å². The van der Waals surface area contributed by atoms with Crippen molar-refractivity contribution in [2.24, 2.45) is 0 Å². The maximum absolute atomic E-state index is 12.9. The normalized spacial score (nSPS) is 10.3. The van der Waals surface area contributed by atoms with Gasteiger partial charge in [0.1, 0.15) is 5.82 Å². The van der Waals surface area contributed by atoms with E-state index in [4.69, 9.17) is 22.7 Å². The average Bonchev–Trinajstić information content (AvgIpc) is 2.32. The smallest absolute Gasteiger partial charge is 0.124 e. The zero-order valence-corrected chi connectivity index (χ0v) is 11.1. The predicted octanol–water partition coefficient (Wildman–Crippen LogP) is 4.19. The first kappa shape index (κ1) is 13.4. The zero-order valence-electron chi connectivity index (χ0n) is 10.3. The molecule has 2 aromatic rings. The van der Waals surface area contributed by atoms with Gasteiger partial charge < -0.3 is 16.5 Å². The van der Waals surface area contributed by atoms with Crippen LogP contribution in [0.4, 0.5) is 21.5 Å². The van der Waals surface area contributed by atoms with Gasteiger partial charge in [0.15, 0.2) is 0 Å². The molecule has 98 valence electrons. The molecule has 0 aromatic heterocycles. The Kier molecular flexibility index (Phi) is 3.71. The van der Waals surface area contributed by atoms with Crippen LogP contribution >= 0.6 is 11.6 Å². The summed E-state index contributed by atoms with van der Waals surface area (Å²) in [5.41, 5.74) is 8.80. The molecule has 0 radical (unpaired) electrons. The molecule has 0 spiro atoms. The number of nitrogens with two attached hydrogens (primary N) is 1. The summed E-state index contributed by atoms with van der Waals surface area (Å²) < 4.78 is 12.9. The number of hydrogen-bond acceptors (Lipinski definition) is 3. The SMILES string of the molecule is CC(=N)c1ccc(Nc2ccc(F)cc2Cl)cc1N. The molecule has 2 rings (SSSR count). The highest BCUT2D eigenvalue weighted by Crippen LogP contribution is 2.27. The average molecular weight is 278 g/mol. The fourth-order valence-corrected chi connectivity index (χ4v) is 1.94. The Bertz CT molecular complexity index is 641. The minimum Gasteiger partial charge on any atom is -0.398 e. The van der Waals surface area contributed by atoms with Crippen molar-refractivity contribution in [3.05, 3.63) is 52.8 Å². The quantitative estimate of drug-likeness (QED) is 0.582. The van der Waals surface area contributed by atoms with Crippen LogP contribution in [-0.4, -0.2) is 5.71 Å². The van der Waals surface area contributed by atoms with Gasteiger partial charge in [-0.3, -0.25) is 0 Å². The molecule has 0 aliphatic carbocycles. The highest BCUT2D eigenvalue weighted by atomic mass is 35.5. The number of nitrogens with one attached hydrogen (secondary N) is 2. The maximum atomic E-state index is 12.9. The molecule has 2 aromatic carbocycles. The molecular formula is C14H13ClFN3. The third-order valence-corrected chi connectivity index (χ3v) is 2.98. The van der Waals surface area contributed by atoms with Gasteiger partial charge in [-0.1, -0.05) is 11.6 Å². The van der Waals surface area contributed by atoms with E-state index >= 15 is 0 Å². The van der Waals surface area contributed by atoms with Gasteiger partial charge in [0.05, 0.1) is 10.7 Å². The Morgan fingerprint density at radius 1 is 1.26 bits per heavy atom. The molecule has 0 saturated carbocycles. The number of benzene rings is 2. The highest BCUT2D eigenvalue weighted by molar-refractivity contribution is 6.33. The number of halogens is 2. The van der Waals surface area contributed by atoms with E-state index in [1.165, 1.54) is 12.1 Å². The van der Waals surface area contributed by atoms with Crippen LogP contribution in [0.15, 0.2) is 36.4 Å². The lowest BCUT2D eigenvalue weighted by atomic mass is 10.1. The molecule has 0 unspecified atom stereocenters. The van der Waals surface area contributed by atoms with Gasteiger partial charge in [-0.05, 0) is 43.3 Å². The van der Waals surface area contributed by atoms with Gasteiger partial charge in [0.2, 0.25) is 0 Å². The summed E-state index contributed by atoms with van der Waals surface area (Å²) in [6.07, 6.45) is 0. The predicted molar refractivity (Wildman–Crippen MR) is 78.0 cm³/mol. The lowest BCUT2D eigenvalue weighted by molar-refractivity contribution is 0.628. The first-order chi connectivity index (χ1) is 8.97. The molecule has 3 nitrogen and oxygen atoms in total. The van der Waals surface area contributed by atoms with Crippen molar-refractivity contribution in [2.75, 3.05) is 11.1 Å². The monoisotopic (exact) mass is 277 g/mol. The van der Waals surface area contributed by atoms with Gasteiger partial charge in [-0.2, -0.15) is 0 Å². The van der Waals surface area contributed by atoms with Crippen LogP contribution in [-0.2, 0) is 0 Å². The molecular weight excluding hydrogens is 265 g/mol. The zero-order chi connectivity index (χ0) is 14.0. The number of rotatable bonds is 3. The Morgan fingerprint density at radius 2 is 2.00 bits per heavy atom. The third kappa shape index (κ3) is 3.03. The second kappa shape index (κ2) is 5.28. The number of hydrogen-bond donors (Lipinski definition) is 3. The molecule has 5 heteroatoms. The second-order valence-corrected chi connectivity index (χ2v) is 4.58. The number of nitrogen functional groups attached to an aromatic ring is 1. The largest absolute Gasteiger partial charge is 0.398 e. The molecule has 19 heavy (non-hydrogen) atoms. The fraction of sp³-hybridized carbons (Fsp3) is 0.0714. The summed E-state index contributed by atoms with van der Waals surface area (Å²) >= 11 is 5.93. The standard InChI is InChI=1S/C14H13ClFN3/c1-8(17)11-4-3-10(7-13(11)18)19-14-5-2-9(16)6-12(14)15/h2-7,17,19H,18H2,1H3. The molecule has 0 bridgehead atoms. The Morgan fingerprint density at radius 3 is 2.58 bits per heavy atom. The Balaban J connectivity index is 2.29. The first-order valence-electron chi connectivity index (χ1n) is 5.64. The Hall–Kier alpha value is -2.07. The number of anilines is 3. The van der Waals surface area contributed by atoms with Crippen LogP contribution in [0.25, 0.3) is 0 Å². The lowest BCUT2D eigenvalue weighted by Gasteiger charge is -2.11. The molecule has 0 aliphatic rings. The van der Waals surface area contributed by atoms with Crippen molar-refractivity contribution in [3.8, 4) is 0 Å². The third-order valence-electron chi connectivity index (χ3n) is 2.67. The highest BCUT2D eigenvalue weighted by Gasteiger charge is 2.05. The molecule has 0 aliphatic heterocycles. The molecule has 0 amide bonds. The summed E-state index contributed by atoms with van der Waals surface area (Å²) in [6.45, 7) is 1.68. The van der Waals surface area contributed by atoms with Crippen molar-refractivity contribution < 1.29 is 4.39 Å². The summed E-state index contributed by atoms with van der Waals surface area (Å²) in [4.78, 5) is 0. The van der Waals surface area contributed by atoms with Crippen LogP contribution in [0.1, 0.15) is 12.5 Å². The van der Waals surface area contributed by atoms with Gasteiger partial charge in [0, 0.05) is 22.6 Å². The van der Waals surface area contributed by atoms with E-state index in [1.807, 2.05) is 0 Å². The van der Waals surface area contributed by atoms with Crippen LogP contribution in [0.3, 0.4) is 0 Å². The first-order valence-corrected chi connectivity index (χ1v) is 6.02. The minimum absolute atomic E-state index is 0.297. The van der Waals surface area contributed by atoms with E-state index in [2.05, 4.69) is 5.32 Å². The van der Waals surface area contributed by atoms with Crippen molar-refractivity contribution >= 4 is 34.4 Å². The van der Waals surface area contributed by atoms with Gasteiger partial charge >= 0.3 is 0 Å². The molecule has 0 heterocycles. The molecule has 4 N–H and O–H groups in total. The molecule has 0 saturated heterocycles. The van der Waals surface area contributed by atoms with Crippen LogP contribution in [0.2, 0.25) is 5.02 Å². The van der Waals surface area contributed by atoms with E-state index in [-0.39, 0.29) is 5.82 Å². The minimum atomic E-state index is -0.384. The topological polar surface area (TPSA) is 61.9 Å². The van der Waals surface area contributed by atoms with Crippen LogP contribution in [0, 0.1) is 11.2 Å². The second-order valence-electron chi connectivity index (χ2n) is 4.18. The van der Waals surface area contributed by atoms with E-state index in [0.717, 1.165) is 5.69 Å². The lowest BCUT2D eigenvalue weighted by Crippen LogP contribution is -2.01. The van der Waals surface area contributed by atoms with Crippen molar-refractivity contribution in [1.82, 2.24) is 0 Å². The summed E-state index contributed by atoms with van der Waals surface area (Å²) in [7, 11) is 0. The van der Waals surface area contributed by atoms with Crippen molar-refractivity contribution in [2.45, 2.75) is 6.92 Å². The van der Waals surface area contributed by atoms with Crippen molar-refractivity contribution in [3.63, 3.8) is 0 Å². The fourth-order valence-electron chi connectivity index (χ4n) is 1.73. The Labute approximate surface area is 115 Å². The molecule has 0 atom stereocenters. The summed E-state index contributed by atoms with van der Waals surface area (Å²) in [6, 6.07) is 9.40. The van der Waals surface area contributed by atoms with Crippen LogP contribution in [0.5, 0.6) is 0 Å². The maximum Gasteiger partial charge on any atom is 0.124 e.